The summed E-state index contributed by atoms with van der Waals surface area (Å²) in [6.45, 7) is 3.71. The first-order valence-corrected chi connectivity index (χ1v) is 13.7. The van der Waals surface area contributed by atoms with E-state index in [1.165, 1.54) is 17.4 Å². The van der Waals surface area contributed by atoms with Crippen molar-refractivity contribution in [3.05, 3.63) is 70.3 Å². The second-order valence-electron chi connectivity index (χ2n) is 10.3. The molecule has 38 heavy (non-hydrogen) atoms. The monoisotopic (exact) mass is 540 g/mol. The summed E-state index contributed by atoms with van der Waals surface area (Å²) in [7, 11) is 1.63. The predicted octanol–water partition coefficient (Wildman–Crippen LogP) is 5.17. The molecule has 0 radical (unpaired) electrons. The number of carbonyl (C=O) groups is 2. The van der Waals surface area contributed by atoms with Gasteiger partial charge in [-0.3, -0.25) is 4.79 Å². The number of aliphatic hydroxyl groups is 1. The normalized spacial score (nSPS) is 24.2. The van der Waals surface area contributed by atoms with E-state index in [1.54, 1.807) is 25.2 Å². The molecule has 2 heterocycles. The molecule has 0 saturated heterocycles. The van der Waals surface area contributed by atoms with Crippen LogP contribution in [-0.4, -0.2) is 53.7 Å². The molecule has 0 aliphatic carbocycles. The number of anilines is 1. The molecule has 0 aromatic heterocycles. The van der Waals surface area contributed by atoms with E-state index in [4.69, 9.17) is 16.3 Å². The summed E-state index contributed by atoms with van der Waals surface area (Å²) in [5.41, 5.74) is 0.734. The van der Waals surface area contributed by atoms with E-state index in [1.807, 2.05) is 24.3 Å². The molecule has 204 valence electrons. The smallest absolute Gasteiger partial charge is 0.341 e. The number of nitrogens with zero attached hydrogens (tertiary/aromatic N) is 2. The summed E-state index contributed by atoms with van der Waals surface area (Å²) in [5, 5.41) is 22.5. The van der Waals surface area contributed by atoms with E-state index in [0.29, 0.717) is 23.9 Å². The van der Waals surface area contributed by atoms with E-state index in [2.05, 4.69) is 11.0 Å². The van der Waals surface area contributed by atoms with Crippen molar-refractivity contribution in [3.8, 4) is 5.75 Å². The zero-order valence-electron chi connectivity index (χ0n) is 22.2. The highest BCUT2D eigenvalue weighted by Crippen LogP contribution is 2.39. The zero-order chi connectivity index (χ0) is 27.3. The molecule has 2 aromatic rings. The van der Waals surface area contributed by atoms with Crippen molar-refractivity contribution >= 4 is 29.2 Å². The van der Waals surface area contributed by atoms with Crippen LogP contribution < -0.4 is 9.64 Å². The highest BCUT2D eigenvalue weighted by atomic mass is 35.5. The number of hydrogen-bond acceptors (Lipinski definition) is 5. The number of halogens is 1. The fourth-order valence-electron chi connectivity index (χ4n) is 5.29. The summed E-state index contributed by atoms with van der Waals surface area (Å²) < 4.78 is 6.33. The molecule has 2 N–H and O–H groups in total. The van der Waals surface area contributed by atoms with Gasteiger partial charge in [-0.15, -0.1) is 0 Å². The Labute approximate surface area is 229 Å². The van der Waals surface area contributed by atoms with Gasteiger partial charge in [0.05, 0.1) is 11.6 Å². The molecular formula is C30H37ClN2O5. The Morgan fingerprint density at radius 3 is 2.58 bits per heavy atom. The Bertz CT molecular complexity index is 1200. The van der Waals surface area contributed by atoms with Crippen LogP contribution in [0.25, 0.3) is 0 Å². The van der Waals surface area contributed by atoms with E-state index in [-0.39, 0.29) is 5.56 Å². The summed E-state index contributed by atoms with van der Waals surface area (Å²) in [4.78, 5) is 29.4. The van der Waals surface area contributed by atoms with E-state index in [0.717, 1.165) is 62.9 Å². The number of hydrogen-bond donors (Lipinski definition) is 2. The number of benzene rings is 2. The van der Waals surface area contributed by atoms with Gasteiger partial charge in [0.2, 0.25) is 5.91 Å². The van der Waals surface area contributed by atoms with Crippen LogP contribution in [0.3, 0.4) is 0 Å². The number of aliphatic carboxylic acids is 1. The van der Waals surface area contributed by atoms with Gasteiger partial charge < -0.3 is 24.7 Å². The molecule has 2 atom stereocenters. The maximum Gasteiger partial charge on any atom is 0.341 e. The lowest BCUT2D eigenvalue weighted by Gasteiger charge is -2.34. The Balaban J connectivity index is 1.80. The summed E-state index contributed by atoms with van der Waals surface area (Å²) in [6.07, 6.45) is 9.60. The molecule has 7 nitrogen and oxygen atoms in total. The first kappa shape index (κ1) is 28.0. The minimum Gasteiger partial charge on any atom is -0.487 e. The zero-order valence-corrected chi connectivity index (χ0v) is 22.9. The molecule has 0 unspecified atom stereocenters. The third kappa shape index (κ3) is 6.00. The van der Waals surface area contributed by atoms with Crippen LogP contribution in [0, 0.1) is 5.92 Å². The molecule has 0 saturated carbocycles. The summed E-state index contributed by atoms with van der Waals surface area (Å²) in [6, 6.07) is 10.8. The van der Waals surface area contributed by atoms with Crippen molar-refractivity contribution in [2.45, 2.75) is 57.7 Å². The van der Waals surface area contributed by atoms with Gasteiger partial charge in [-0.25, -0.2) is 4.79 Å². The average Bonchev–Trinajstić information content (AvgIpc) is 2.93. The second-order valence-corrected chi connectivity index (χ2v) is 10.7. The van der Waals surface area contributed by atoms with Crippen molar-refractivity contribution < 1.29 is 24.5 Å². The third-order valence-corrected chi connectivity index (χ3v) is 7.94. The van der Waals surface area contributed by atoms with Crippen LogP contribution in [0.1, 0.15) is 55.7 Å². The molecule has 2 aromatic carbocycles. The minimum atomic E-state index is -2.40. The number of carboxylic acids is 1. The van der Waals surface area contributed by atoms with Crippen LogP contribution in [0.4, 0.5) is 5.69 Å². The number of allylic oxidation sites excluding steroid dienone is 1. The Kier molecular flexibility index (Phi) is 9.00. The fourth-order valence-corrected chi connectivity index (χ4v) is 5.49. The van der Waals surface area contributed by atoms with Crippen molar-refractivity contribution in [1.82, 2.24) is 4.90 Å². The summed E-state index contributed by atoms with van der Waals surface area (Å²) in [5.74, 6) is -2.48. The van der Waals surface area contributed by atoms with E-state index < -0.39 is 23.4 Å². The molecule has 2 aliphatic rings. The van der Waals surface area contributed by atoms with Crippen LogP contribution in [0.2, 0.25) is 5.02 Å². The van der Waals surface area contributed by atoms with Gasteiger partial charge in [-0.2, -0.15) is 0 Å². The molecule has 1 amide bonds. The number of carbonyl (C=O) groups excluding carboxylic acids is 1. The lowest BCUT2D eigenvalue weighted by atomic mass is 9.81. The quantitative estimate of drug-likeness (QED) is 0.485. The van der Waals surface area contributed by atoms with E-state index >= 15 is 0 Å². The van der Waals surface area contributed by atoms with Crippen LogP contribution in [0.5, 0.6) is 5.75 Å². The maximum absolute atomic E-state index is 13.2. The SMILES string of the molecule is C[C@H]1C(=O)N(C)C/C=C/CCCCN2CCCCc3cc(Cl)ccc3COc3ccc(cc32)[C@]1(O)C(=O)O. The third-order valence-electron chi connectivity index (χ3n) is 7.71. The van der Waals surface area contributed by atoms with Gasteiger partial charge >= 0.3 is 5.97 Å². The summed E-state index contributed by atoms with van der Waals surface area (Å²) >= 11 is 6.27. The Morgan fingerprint density at radius 1 is 1.05 bits per heavy atom. The van der Waals surface area contributed by atoms with Crippen LogP contribution >= 0.6 is 11.6 Å². The lowest BCUT2D eigenvalue weighted by molar-refractivity contribution is -0.172. The largest absolute Gasteiger partial charge is 0.487 e. The van der Waals surface area contributed by atoms with Crippen molar-refractivity contribution in [2.24, 2.45) is 5.92 Å². The molecule has 8 heteroatoms. The number of rotatable bonds is 1. The highest BCUT2D eigenvalue weighted by molar-refractivity contribution is 6.30. The molecule has 0 fully saturated rings. The Hall–Kier alpha value is -3.03. The molecule has 0 spiro atoms. The van der Waals surface area contributed by atoms with Gasteiger partial charge in [-0.05, 0) is 86.4 Å². The maximum atomic E-state index is 13.2. The number of likely N-dealkylation sites (N-methyl/N-ethyl adjacent to an activating group) is 1. The number of fused-ring (bicyclic) bond motifs is 2. The number of aryl methyl sites for hydroxylation is 1. The molecule has 2 aliphatic heterocycles. The van der Waals surface area contributed by atoms with Gasteiger partial charge in [0, 0.05) is 31.7 Å². The predicted molar refractivity (Wildman–Crippen MR) is 149 cm³/mol. The standard InChI is InChI=1S/C30H37ClN2O5/c1-21-28(34)32(2)15-7-4-3-5-8-16-33-17-9-6-10-22-18-25(31)13-11-23(22)20-38-27-14-12-24(19-26(27)33)30(21,37)29(35)36/h4,7,11-14,18-19,21,37H,3,5-6,8-10,15-17,20H2,1-2H3,(H,35,36)/b7-4+/t21-,30-/m0/s1. The fraction of sp³-hybridized carbons (Fsp3) is 0.467. The Morgan fingerprint density at radius 2 is 1.82 bits per heavy atom. The van der Waals surface area contributed by atoms with Gasteiger partial charge in [0.1, 0.15) is 12.4 Å². The van der Waals surface area contributed by atoms with Crippen molar-refractivity contribution in [2.75, 3.05) is 31.6 Å². The average molecular weight is 541 g/mol. The van der Waals surface area contributed by atoms with Gasteiger partial charge in [0.15, 0.2) is 5.60 Å². The second kappa shape index (κ2) is 12.2. The van der Waals surface area contributed by atoms with Gasteiger partial charge in [-0.1, -0.05) is 35.9 Å². The number of carboxylic acid groups (broad SMARTS) is 1. The molecule has 4 rings (SSSR count). The lowest BCUT2D eigenvalue weighted by Crippen LogP contribution is -2.49. The molecule has 2 bridgehead atoms. The first-order chi connectivity index (χ1) is 18.2. The van der Waals surface area contributed by atoms with Gasteiger partial charge in [0.25, 0.3) is 0 Å². The number of ether oxygens (including phenoxy) is 1. The van der Waals surface area contributed by atoms with E-state index in [9.17, 15) is 19.8 Å². The number of amides is 1. The van der Waals surface area contributed by atoms with Crippen molar-refractivity contribution in [3.63, 3.8) is 0 Å². The minimum absolute atomic E-state index is 0.166. The topological polar surface area (TPSA) is 90.3 Å². The molecular weight excluding hydrogens is 504 g/mol. The highest BCUT2D eigenvalue weighted by Gasteiger charge is 2.48. The van der Waals surface area contributed by atoms with Crippen LogP contribution in [-0.2, 0) is 28.2 Å². The van der Waals surface area contributed by atoms with Crippen LogP contribution in [0.15, 0.2) is 48.6 Å². The first-order valence-electron chi connectivity index (χ1n) is 13.4. The van der Waals surface area contributed by atoms with Crippen molar-refractivity contribution in [1.29, 1.82) is 0 Å².